The van der Waals surface area contributed by atoms with Crippen molar-refractivity contribution < 1.29 is 0 Å². The lowest BCUT2D eigenvalue weighted by molar-refractivity contribution is 0.229. The Bertz CT molecular complexity index is 415. The molecule has 19 heavy (non-hydrogen) atoms. The first-order valence-electron chi connectivity index (χ1n) is 7.00. The number of hydrazine groups is 1. The second-order valence-electron chi connectivity index (χ2n) is 5.73. The molecule has 0 heterocycles. The lowest BCUT2D eigenvalue weighted by atomic mass is 9.78. The number of nitrogens with two attached hydrogens (primary N) is 1. The molecule has 0 spiro atoms. The summed E-state index contributed by atoms with van der Waals surface area (Å²) in [5, 5.41) is 1.41. The number of halogens is 2. The number of hydrogen-bond acceptors (Lipinski definition) is 2. The molecule has 1 aliphatic rings. The lowest BCUT2D eigenvalue weighted by Gasteiger charge is -2.32. The Morgan fingerprint density at radius 2 is 1.95 bits per heavy atom. The Morgan fingerprint density at radius 1 is 1.26 bits per heavy atom. The van der Waals surface area contributed by atoms with E-state index in [1.54, 1.807) is 6.07 Å². The lowest BCUT2D eigenvalue weighted by Crippen LogP contribution is -2.43. The fourth-order valence-corrected chi connectivity index (χ4v) is 3.46. The fourth-order valence-electron chi connectivity index (χ4n) is 2.97. The molecule has 2 rings (SSSR count). The second kappa shape index (κ2) is 6.94. The van der Waals surface area contributed by atoms with Gasteiger partial charge in [0.25, 0.3) is 0 Å². The molecule has 2 nitrogen and oxygen atoms in total. The summed E-state index contributed by atoms with van der Waals surface area (Å²) in [7, 11) is 0. The summed E-state index contributed by atoms with van der Waals surface area (Å²) in [4.78, 5) is 0. The molecule has 3 N–H and O–H groups in total. The van der Waals surface area contributed by atoms with E-state index in [1.165, 1.54) is 25.7 Å². The van der Waals surface area contributed by atoms with Crippen LogP contribution in [-0.2, 0) is 6.42 Å². The van der Waals surface area contributed by atoms with Crippen molar-refractivity contribution in [3.8, 4) is 0 Å². The molecule has 106 valence electrons. The molecule has 0 bridgehead atoms. The Hall–Kier alpha value is -0.280. The van der Waals surface area contributed by atoms with Gasteiger partial charge in [-0.2, -0.15) is 0 Å². The molecule has 1 aliphatic carbocycles. The SMILES string of the molecule is CC1CCC(C(Cc2ccc(Cl)cc2Cl)NN)CC1. The molecule has 0 aromatic heterocycles. The normalized spacial score (nSPS) is 25.3. The summed E-state index contributed by atoms with van der Waals surface area (Å²) >= 11 is 12.2. The van der Waals surface area contributed by atoms with E-state index in [-0.39, 0.29) is 0 Å². The van der Waals surface area contributed by atoms with Gasteiger partial charge in [-0.25, -0.2) is 0 Å². The average molecular weight is 301 g/mol. The summed E-state index contributed by atoms with van der Waals surface area (Å²) in [6, 6.07) is 5.99. The van der Waals surface area contributed by atoms with Gasteiger partial charge in [-0.1, -0.05) is 49.0 Å². The number of rotatable bonds is 4. The van der Waals surface area contributed by atoms with Gasteiger partial charge in [-0.3, -0.25) is 11.3 Å². The highest BCUT2D eigenvalue weighted by Crippen LogP contribution is 2.32. The summed E-state index contributed by atoms with van der Waals surface area (Å²) in [6.45, 7) is 2.33. The molecule has 0 saturated heterocycles. The third-order valence-electron chi connectivity index (χ3n) is 4.30. The molecule has 1 aromatic carbocycles. The van der Waals surface area contributed by atoms with Crippen molar-refractivity contribution in [1.29, 1.82) is 0 Å². The minimum Gasteiger partial charge on any atom is -0.271 e. The monoisotopic (exact) mass is 300 g/mol. The van der Waals surface area contributed by atoms with E-state index >= 15 is 0 Å². The van der Waals surface area contributed by atoms with E-state index in [0.717, 1.165) is 22.9 Å². The van der Waals surface area contributed by atoms with E-state index in [2.05, 4.69) is 12.3 Å². The maximum Gasteiger partial charge on any atom is 0.0453 e. The molecular weight excluding hydrogens is 279 g/mol. The highest BCUT2D eigenvalue weighted by atomic mass is 35.5. The van der Waals surface area contributed by atoms with Gasteiger partial charge in [0.1, 0.15) is 0 Å². The standard InChI is InChI=1S/C15H22Cl2N2/c1-10-2-4-11(5-3-10)15(19-18)8-12-6-7-13(16)9-14(12)17/h6-7,9-11,15,19H,2-5,8,18H2,1H3. The first-order chi connectivity index (χ1) is 9.10. The third kappa shape index (κ3) is 4.09. The summed E-state index contributed by atoms with van der Waals surface area (Å²) in [6.07, 6.45) is 5.97. The Labute approximate surface area is 125 Å². The van der Waals surface area contributed by atoms with E-state index in [0.29, 0.717) is 17.0 Å². The van der Waals surface area contributed by atoms with Crippen LogP contribution >= 0.6 is 23.2 Å². The van der Waals surface area contributed by atoms with Gasteiger partial charge in [0.05, 0.1) is 0 Å². The van der Waals surface area contributed by atoms with Crippen molar-refractivity contribution in [2.45, 2.75) is 45.1 Å². The van der Waals surface area contributed by atoms with Crippen molar-refractivity contribution in [3.63, 3.8) is 0 Å². The van der Waals surface area contributed by atoms with Gasteiger partial charge in [0, 0.05) is 16.1 Å². The van der Waals surface area contributed by atoms with Crippen molar-refractivity contribution in [1.82, 2.24) is 5.43 Å². The van der Waals surface area contributed by atoms with Crippen LogP contribution in [0.25, 0.3) is 0 Å². The van der Waals surface area contributed by atoms with Crippen molar-refractivity contribution in [2.24, 2.45) is 17.7 Å². The van der Waals surface area contributed by atoms with Crippen molar-refractivity contribution in [3.05, 3.63) is 33.8 Å². The van der Waals surface area contributed by atoms with Crippen LogP contribution in [0.1, 0.15) is 38.2 Å². The Balaban J connectivity index is 2.02. The summed E-state index contributed by atoms with van der Waals surface area (Å²) in [5.74, 6) is 7.25. The van der Waals surface area contributed by atoms with Crippen LogP contribution in [0, 0.1) is 11.8 Å². The Morgan fingerprint density at radius 3 is 2.53 bits per heavy atom. The van der Waals surface area contributed by atoms with Gasteiger partial charge in [0.15, 0.2) is 0 Å². The van der Waals surface area contributed by atoms with Crippen LogP contribution in [0.3, 0.4) is 0 Å². The number of hydrogen-bond donors (Lipinski definition) is 2. The van der Waals surface area contributed by atoms with Gasteiger partial charge in [0.2, 0.25) is 0 Å². The zero-order valence-electron chi connectivity index (χ0n) is 11.3. The van der Waals surface area contributed by atoms with E-state index < -0.39 is 0 Å². The van der Waals surface area contributed by atoms with Crippen LogP contribution in [0.15, 0.2) is 18.2 Å². The zero-order chi connectivity index (χ0) is 13.8. The fraction of sp³-hybridized carbons (Fsp3) is 0.600. The molecule has 1 fully saturated rings. The highest BCUT2D eigenvalue weighted by molar-refractivity contribution is 6.35. The summed E-state index contributed by atoms with van der Waals surface area (Å²) < 4.78 is 0. The van der Waals surface area contributed by atoms with Crippen molar-refractivity contribution >= 4 is 23.2 Å². The quantitative estimate of drug-likeness (QED) is 0.646. The predicted octanol–water partition coefficient (Wildman–Crippen LogP) is 4.19. The molecule has 1 atom stereocenters. The molecule has 1 unspecified atom stereocenters. The smallest absolute Gasteiger partial charge is 0.0453 e. The Kier molecular flexibility index (Phi) is 5.52. The second-order valence-corrected chi connectivity index (χ2v) is 6.58. The first kappa shape index (κ1) is 15.1. The minimum atomic E-state index is 0.297. The molecule has 1 saturated carbocycles. The van der Waals surface area contributed by atoms with Gasteiger partial charge in [-0.15, -0.1) is 0 Å². The van der Waals surface area contributed by atoms with E-state index in [9.17, 15) is 0 Å². The number of nitrogens with one attached hydrogen (secondary N) is 1. The van der Waals surface area contributed by atoms with Crippen LogP contribution < -0.4 is 11.3 Å². The zero-order valence-corrected chi connectivity index (χ0v) is 12.8. The molecule has 4 heteroatoms. The maximum atomic E-state index is 6.24. The molecule has 1 aromatic rings. The van der Waals surface area contributed by atoms with Gasteiger partial charge >= 0.3 is 0 Å². The third-order valence-corrected chi connectivity index (χ3v) is 4.89. The predicted molar refractivity (Wildman–Crippen MR) is 82.4 cm³/mol. The molecule has 0 amide bonds. The van der Waals surface area contributed by atoms with Crippen molar-refractivity contribution in [2.75, 3.05) is 0 Å². The maximum absolute atomic E-state index is 6.24. The summed E-state index contributed by atoms with van der Waals surface area (Å²) in [5.41, 5.74) is 4.10. The number of benzene rings is 1. The van der Waals surface area contributed by atoms with Crippen LogP contribution in [0.4, 0.5) is 0 Å². The molecular formula is C15H22Cl2N2. The largest absolute Gasteiger partial charge is 0.271 e. The van der Waals surface area contributed by atoms with Gasteiger partial charge < -0.3 is 0 Å². The highest BCUT2D eigenvalue weighted by Gasteiger charge is 2.26. The van der Waals surface area contributed by atoms with Crippen LogP contribution in [0.5, 0.6) is 0 Å². The van der Waals surface area contributed by atoms with Crippen LogP contribution in [-0.4, -0.2) is 6.04 Å². The minimum absolute atomic E-state index is 0.297. The van der Waals surface area contributed by atoms with E-state index in [1.807, 2.05) is 12.1 Å². The molecule has 0 radical (unpaired) electrons. The van der Waals surface area contributed by atoms with Gasteiger partial charge in [-0.05, 0) is 48.8 Å². The average Bonchev–Trinajstić information content (AvgIpc) is 2.39. The molecule has 0 aliphatic heterocycles. The van der Waals surface area contributed by atoms with E-state index in [4.69, 9.17) is 29.0 Å². The first-order valence-corrected chi connectivity index (χ1v) is 7.75. The topological polar surface area (TPSA) is 38.0 Å². The van der Waals surface area contributed by atoms with Crippen LogP contribution in [0.2, 0.25) is 10.0 Å².